The van der Waals surface area contributed by atoms with Gasteiger partial charge >= 0.3 is 0 Å². The molecule has 3 nitrogen and oxygen atoms in total. The Balaban J connectivity index is 4.20. The Labute approximate surface area is 85.1 Å². The predicted molar refractivity (Wildman–Crippen MR) is 55.5 cm³/mol. The molecule has 0 N–H and O–H groups in total. The molecule has 0 spiro atoms. The van der Waals surface area contributed by atoms with Crippen LogP contribution >= 0.6 is 12.6 Å². The van der Waals surface area contributed by atoms with Gasteiger partial charge in [-0.3, -0.25) is 4.79 Å². The lowest BCUT2D eigenvalue weighted by Crippen LogP contribution is -2.38. The molecule has 0 aliphatic heterocycles. The van der Waals surface area contributed by atoms with Crippen molar-refractivity contribution in [3.8, 4) is 6.07 Å². The van der Waals surface area contributed by atoms with Crippen LogP contribution < -0.4 is 0 Å². The highest BCUT2D eigenvalue weighted by Gasteiger charge is 2.17. The fourth-order valence-electron chi connectivity index (χ4n) is 1.01. The van der Waals surface area contributed by atoms with Crippen LogP contribution in [0.2, 0.25) is 0 Å². The molecule has 0 heterocycles. The molecule has 0 aliphatic carbocycles. The monoisotopic (exact) mass is 200 g/mol. The highest BCUT2D eigenvalue weighted by molar-refractivity contribution is 7.81. The number of hydrogen-bond donors (Lipinski definition) is 1. The zero-order valence-corrected chi connectivity index (χ0v) is 9.21. The van der Waals surface area contributed by atoms with E-state index in [2.05, 4.69) is 18.7 Å². The third-order valence-electron chi connectivity index (χ3n) is 1.77. The average Bonchev–Trinajstić information content (AvgIpc) is 2.12. The second-order valence-electron chi connectivity index (χ2n) is 3.08. The summed E-state index contributed by atoms with van der Waals surface area (Å²) in [5.41, 5.74) is 0. The Morgan fingerprint density at radius 3 is 2.46 bits per heavy atom. The van der Waals surface area contributed by atoms with Gasteiger partial charge in [-0.2, -0.15) is 17.9 Å². The van der Waals surface area contributed by atoms with Crippen LogP contribution in [-0.4, -0.2) is 29.1 Å². The zero-order chi connectivity index (χ0) is 10.4. The van der Waals surface area contributed by atoms with Crippen molar-refractivity contribution in [1.82, 2.24) is 4.90 Å². The van der Waals surface area contributed by atoms with Crippen molar-refractivity contribution < 1.29 is 4.79 Å². The SMILES string of the molecule is CCN(CC(C)C#N)C(=O)C(C)S. The fourth-order valence-corrected chi connectivity index (χ4v) is 1.17. The first-order chi connectivity index (χ1) is 6.02. The van der Waals surface area contributed by atoms with E-state index < -0.39 is 0 Å². The molecular formula is C9H16N2OS. The van der Waals surface area contributed by atoms with Crippen LogP contribution in [0.5, 0.6) is 0 Å². The minimum atomic E-state index is -0.286. The molecule has 0 fully saturated rings. The van der Waals surface area contributed by atoms with Gasteiger partial charge in [0.05, 0.1) is 17.2 Å². The van der Waals surface area contributed by atoms with Crippen molar-refractivity contribution in [1.29, 1.82) is 5.26 Å². The summed E-state index contributed by atoms with van der Waals surface area (Å²) < 4.78 is 0. The number of nitriles is 1. The summed E-state index contributed by atoms with van der Waals surface area (Å²) >= 11 is 4.06. The van der Waals surface area contributed by atoms with E-state index in [0.717, 1.165) is 0 Å². The Morgan fingerprint density at radius 1 is 1.62 bits per heavy atom. The molecule has 13 heavy (non-hydrogen) atoms. The first-order valence-electron chi connectivity index (χ1n) is 4.39. The van der Waals surface area contributed by atoms with Crippen LogP contribution in [0, 0.1) is 17.2 Å². The Morgan fingerprint density at radius 2 is 2.15 bits per heavy atom. The van der Waals surface area contributed by atoms with Crippen LogP contribution in [0.25, 0.3) is 0 Å². The Hall–Kier alpha value is -0.690. The van der Waals surface area contributed by atoms with E-state index in [1.54, 1.807) is 18.7 Å². The summed E-state index contributed by atoms with van der Waals surface area (Å²) in [6.45, 7) is 6.58. The molecule has 0 saturated heterocycles. The molecule has 2 unspecified atom stereocenters. The summed E-state index contributed by atoms with van der Waals surface area (Å²) in [6, 6.07) is 2.10. The van der Waals surface area contributed by atoms with Gasteiger partial charge in [0, 0.05) is 13.1 Å². The predicted octanol–water partition coefficient (Wildman–Crippen LogP) is 1.31. The van der Waals surface area contributed by atoms with Crippen LogP contribution in [0.15, 0.2) is 0 Å². The topological polar surface area (TPSA) is 44.1 Å². The molecule has 0 aromatic heterocycles. The number of rotatable bonds is 4. The second-order valence-corrected chi connectivity index (χ2v) is 3.86. The number of carbonyl (C=O) groups excluding carboxylic acids is 1. The number of thiol groups is 1. The van der Waals surface area contributed by atoms with Crippen molar-refractivity contribution >= 4 is 18.5 Å². The third kappa shape index (κ3) is 4.18. The van der Waals surface area contributed by atoms with E-state index in [4.69, 9.17) is 5.26 Å². The minimum Gasteiger partial charge on any atom is -0.341 e. The number of nitrogens with zero attached hydrogens (tertiary/aromatic N) is 2. The first kappa shape index (κ1) is 12.3. The number of amides is 1. The fraction of sp³-hybridized carbons (Fsp3) is 0.778. The summed E-state index contributed by atoms with van der Waals surface area (Å²) in [5.74, 6) is -0.121. The van der Waals surface area contributed by atoms with Crippen molar-refractivity contribution in [2.45, 2.75) is 26.0 Å². The van der Waals surface area contributed by atoms with Gasteiger partial charge in [-0.15, -0.1) is 0 Å². The Kier molecular flexibility index (Phi) is 5.56. The first-order valence-corrected chi connectivity index (χ1v) is 4.91. The molecule has 0 saturated carbocycles. The van der Waals surface area contributed by atoms with Gasteiger partial charge in [0.25, 0.3) is 0 Å². The molecule has 4 heteroatoms. The quantitative estimate of drug-likeness (QED) is 0.695. The average molecular weight is 200 g/mol. The second kappa shape index (κ2) is 5.87. The molecule has 0 aromatic rings. The molecule has 0 aromatic carbocycles. The normalized spacial score (nSPS) is 14.4. The van der Waals surface area contributed by atoms with E-state index in [1.165, 1.54) is 0 Å². The van der Waals surface area contributed by atoms with Gasteiger partial charge < -0.3 is 4.90 Å². The van der Waals surface area contributed by atoms with Crippen molar-refractivity contribution in [3.05, 3.63) is 0 Å². The Bertz CT molecular complexity index is 210. The molecular weight excluding hydrogens is 184 g/mol. The van der Waals surface area contributed by atoms with Gasteiger partial charge in [-0.1, -0.05) is 0 Å². The molecule has 0 aliphatic rings. The van der Waals surface area contributed by atoms with Gasteiger partial charge in [-0.05, 0) is 20.8 Å². The van der Waals surface area contributed by atoms with Gasteiger partial charge in [0.1, 0.15) is 0 Å². The highest BCUT2D eigenvalue weighted by atomic mass is 32.1. The lowest BCUT2D eigenvalue weighted by Gasteiger charge is -2.23. The largest absolute Gasteiger partial charge is 0.341 e. The van der Waals surface area contributed by atoms with Gasteiger partial charge in [0.2, 0.25) is 5.91 Å². The smallest absolute Gasteiger partial charge is 0.235 e. The minimum absolute atomic E-state index is 0.00654. The lowest BCUT2D eigenvalue weighted by molar-refractivity contribution is -0.130. The molecule has 2 atom stereocenters. The highest BCUT2D eigenvalue weighted by Crippen LogP contribution is 2.04. The van der Waals surface area contributed by atoms with Crippen LogP contribution in [-0.2, 0) is 4.79 Å². The van der Waals surface area contributed by atoms with Crippen molar-refractivity contribution in [2.75, 3.05) is 13.1 Å². The van der Waals surface area contributed by atoms with Crippen molar-refractivity contribution in [2.24, 2.45) is 5.92 Å². The number of hydrogen-bond acceptors (Lipinski definition) is 3. The molecule has 74 valence electrons. The number of carbonyl (C=O) groups is 1. The van der Waals surface area contributed by atoms with E-state index in [9.17, 15) is 4.79 Å². The summed E-state index contributed by atoms with van der Waals surface area (Å²) in [6.07, 6.45) is 0. The molecule has 0 radical (unpaired) electrons. The van der Waals surface area contributed by atoms with Crippen LogP contribution in [0.4, 0.5) is 0 Å². The lowest BCUT2D eigenvalue weighted by atomic mass is 10.2. The third-order valence-corrected chi connectivity index (χ3v) is 1.99. The van der Waals surface area contributed by atoms with E-state index >= 15 is 0 Å². The van der Waals surface area contributed by atoms with Crippen LogP contribution in [0.3, 0.4) is 0 Å². The summed E-state index contributed by atoms with van der Waals surface area (Å²) in [4.78, 5) is 13.1. The van der Waals surface area contributed by atoms with Gasteiger partial charge in [-0.25, -0.2) is 0 Å². The maximum Gasteiger partial charge on any atom is 0.235 e. The van der Waals surface area contributed by atoms with Gasteiger partial charge in [0.15, 0.2) is 0 Å². The zero-order valence-electron chi connectivity index (χ0n) is 8.32. The molecule has 1 amide bonds. The standard InChI is InChI=1S/C9H16N2OS/c1-4-11(6-7(2)5-10)9(12)8(3)13/h7-8,13H,4,6H2,1-3H3. The van der Waals surface area contributed by atoms with E-state index in [1.807, 2.05) is 6.92 Å². The summed E-state index contributed by atoms with van der Waals surface area (Å²) in [5, 5.41) is 8.31. The summed E-state index contributed by atoms with van der Waals surface area (Å²) in [7, 11) is 0. The maximum absolute atomic E-state index is 11.5. The van der Waals surface area contributed by atoms with Crippen LogP contribution in [0.1, 0.15) is 20.8 Å². The molecule has 0 rings (SSSR count). The van der Waals surface area contributed by atoms with E-state index in [-0.39, 0.29) is 17.1 Å². The van der Waals surface area contributed by atoms with Crippen molar-refractivity contribution in [3.63, 3.8) is 0 Å². The van der Waals surface area contributed by atoms with E-state index in [0.29, 0.717) is 13.1 Å². The molecule has 0 bridgehead atoms. The maximum atomic E-state index is 11.5.